The van der Waals surface area contributed by atoms with Crippen molar-refractivity contribution in [2.24, 2.45) is 0 Å². The number of amides is 1. The molecular weight excluding hydrogens is 300 g/mol. The Morgan fingerprint density at radius 3 is 2.50 bits per heavy atom. The van der Waals surface area contributed by atoms with Crippen LogP contribution in [-0.4, -0.2) is 34.1 Å². The largest absolute Gasteiger partial charge is 0.338 e. The smallest absolute Gasteiger partial charge is 0.274 e. The molecule has 3 rings (SSSR count). The van der Waals surface area contributed by atoms with Crippen LogP contribution in [-0.2, 0) is 0 Å². The van der Waals surface area contributed by atoms with Crippen LogP contribution in [0.1, 0.15) is 29.8 Å². The molecule has 2 aromatic rings. The highest BCUT2D eigenvalue weighted by Gasteiger charge is 2.19. The lowest BCUT2D eigenvalue weighted by Crippen LogP contribution is -2.36. The number of aromatic nitrogens is 2. The zero-order valence-electron chi connectivity index (χ0n) is 12.1. The molecular formula is C16H17ClN4O. The lowest BCUT2D eigenvalue weighted by atomic mass is 10.1. The number of benzene rings is 1. The van der Waals surface area contributed by atoms with Crippen molar-refractivity contribution < 1.29 is 4.79 Å². The molecule has 0 atom stereocenters. The highest BCUT2D eigenvalue weighted by molar-refractivity contribution is 6.33. The first kappa shape index (κ1) is 14.8. The summed E-state index contributed by atoms with van der Waals surface area (Å²) >= 11 is 6.09. The second-order valence-corrected chi connectivity index (χ2v) is 5.67. The predicted molar refractivity (Wildman–Crippen MR) is 86.5 cm³/mol. The third-order valence-corrected chi connectivity index (χ3v) is 3.99. The molecule has 0 radical (unpaired) electrons. The predicted octanol–water partition coefficient (Wildman–Crippen LogP) is 3.50. The number of piperidine rings is 1. The molecule has 6 heteroatoms. The van der Waals surface area contributed by atoms with Gasteiger partial charge in [0.15, 0.2) is 11.5 Å². The number of nitrogens with one attached hydrogen (secondary N) is 1. The number of hydrogen-bond donors (Lipinski definition) is 1. The fraction of sp³-hybridized carbons (Fsp3) is 0.312. The third-order valence-electron chi connectivity index (χ3n) is 3.66. The van der Waals surface area contributed by atoms with Crippen LogP contribution in [0, 0.1) is 0 Å². The Kier molecular flexibility index (Phi) is 4.53. The molecule has 1 aliphatic rings. The maximum absolute atomic E-state index is 12.3. The average molecular weight is 317 g/mol. The second-order valence-electron chi connectivity index (χ2n) is 5.26. The molecule has 1 fully saturated rings. The van der Waals surface area contributed by atoms with E-state index in [0.29, 0.717) is 16.5 Å². The van der Waals surface area contributed by atoms with Crippen molar-refractivity contribution in [1.29, 1.82) is 0 Å². The monoisotopic (exact) mass is 316 g/mol. The average Bonchev–Trinajstić information content (AvgIpc) is 2.58. The van der Waals surface area contributed by atoms with Crippen molar-refractivity contribution in [3.05, 3.63) is 47.1 Å². The van der Waals surface area contributed by atoms with E-state index in [9.17, 15) is 4.79 Å². The van der Waals surface area contributed by atoms with Gasteiger partial charge in [-0.2, -0.15) is 0 Å². The summed E-state index contributed by atoms with van der Waals surface area (Å²) in [6, 6.07) is 10.8. The van der Waals surface area contributed by atoms with Gasteiger partial charge in [-0.25, -0.2) is 0 Å². The number of hydrogen-bond acceptors (Lipinski definition) is 4. The zero-order chi connectivity index (χ0) is 15.4. The van der Waals surface area contributed by atoms with Gasteiger partial charge in [0.2, 0.25) is 0 Å². The van der Waals surface area contributed by atoms with Crippen molar-refractivity contribution in [3.63, 3.8) is 0 Å². The number of halogens is 1. The van der Waals surface area contributed by atoms with Crippen LogP contribution >= 0.6 is 11.6 Å². The zero-order valence-corrected chi connectivity index (χ0v) is 12.9. The summed E-state index contributed by atoms with van der Waals surface area (Å²) in [6.45, 7) is 1.61. The van der Waals surface area contributed by atoms with Crippen LogP contribution in [0.15, 0.2) is 36.4 Å². The Bertz CT molecular complexity index is 653. The standard InChI is InChI=1S/C16H17ClN4O/c17-12-6-2-3-7-13(12)18-15-9-8-14(19-20-15)16(22)21-10-4-1-5-11-21/h2-3,6-9H,1,4-5,10-11H2,(H,18,20). The topological polar surface area (TPSA) is 58.1 Å². The van der Waals surface area contributed by atoms with E-state index < -0.39 is 0 Å². The number of nitrogens with zero attached hydrogens (tertiary/aromatic N) is 3. The molecule has 1 N–H and O–H groups in total. The molecule has 1 aliphatic heterocycles. The van der Waals surface area contributed by atoms with E-state index in [0.717, 1.165) is 31.6 Å². The molecule has 114 valence electrons. The van der Waals surface area contributed by atoms with E-state index in [1.807, 2.05) is 23.1 Å². The Hall–Kier alpha value is -2.14. The summed E-state index contributed by atoms with van der Waals surface area (Å²) in [5.74, 6) is 0.514. The van der Waals surface area contributed by atoms with Gasteiger partial charge in [-0.05, 0) is 43.5 Å². The fourth-order valence-electron chi connectivity index (χ4n) is 2.47. The quantitative estimate of drug-likeness (QED) is 0.941. The first-order valence-electron chi connectivity index (χ1n) is 7.38. The molecule has 1 aromatic heterocycles. The van der Waals surface area contributed by atoms with Crippen LogP contribution in [0.25, 0.3) is 0 Å². The molecule has 0 unspecified atom stereocenters. The van der Waals surface area contributed by atoms with Gasteiger partial charge in [-0.1, -0.05) is 23.7 Å². The van der Waals surface area contributed by atoms with Gasteiger partial charge in [-0.3, -0.25) is 4.79 Å². The van der Waals surface area contributed by atoms with E-state index in [-0.39, 0.29) is 5.91 Å². The molecule has 5 nitrogen and oxygen atoms in total. The van der Waals surface area contributed by atoms with Gasteiger partial charge in [0.25, 0.3) is 5.91 Å². The van der Waals surface area contributed by atoms with Gasteiger partial charge in [0, 0.05) is 13.1 Å². The van der Waals surface area contributed by atoms with E-state index in [2.05, 4.69) is 15.5 Å². The van der Waals surface area contributed by atoms with Crippen LogP contribution in [0.2, 0.25) is 5.02 Å². The van der Waals surface area contributed by atoms with Crippen LogP contribution in [0.3, 0.4) is 0 Å². The molecule has 0 bridgehead atoms. The maximum Gasteiger partial charge on any atom is 0.274 e. The molecule has 0 saturated carbocycles. The molecule has 2 heterocycles. The molecule has 1 aromatic carbocycles. The van der Waals surface area contributed by atoms with Crippen molar-refractivity contribution >= 4 is 29.0 Å². The Morgan fingerprint density at radius 1 is 1.05 bits per heavy atom. The van der Waals surface area contributed by atoms with Crippen LogP contribution in [0.5, 0.6) is 0 Å². The summed E-state index contributed by atoms with van der Waals surface area (Å²) in [5.41, 5.74) is 1.14. The van der Waals surface area contributed by atoms with Gasteiger partial charge in [0.05, 0.1) is 10.7 Å². The maximum atomic E-state index is 12.3. The van der Waals surface area contributed by atoms with Crippen molar-refractivity contribution in [2.75, 3.05) is 18.4 Å². The summed E-state index contributed by atoms with van der Waals surface area (Å²) in [4.78, 5) is 14.1. The van der Waals surface area contributed by atoms with E-state index in [4.69, 9.17) is 11.6 Å². The van der Waals surface area contributed by atoms with Crippen molar-refractivity contribution in [1.82, 2.24) is 15.1 Å². The first-order chi connectivity index (χ1) is 10.7. The minimum absolute atomic E-state index is 0.0449. The Morgan fingerprint density at radius 2 is 1.82 bits per heavy atom. The SMILES string of the molecule is O=C(c1ccc(Nc2ccccc2Cl)nn1)N1CCCCC1. The van der Waals surface area contributed by atoms with E-state index >= 15 is 0 Å². The molecule has 1 saturated heterocycles. The molecule has 22 heavy (non-hydrogen) atoms. The summed E-state index contributed by atoms with van der Waals surface area (Å²) in [5, 5.41) is 11.8. The molecule has 0 aliphatic carbocycles. The molecule has 0 spiro atoms. The first-order valence-corrected chi connectivity index (χ1v) is 7.76. The minimum atomic E-state index is -0.0449. The number of likely N-dealkylation sites (tertiary alicyclic amines) is 1. The lowest BCUT2D eigenvalue weighted by molar-refractivity contribution is 0.0717. The van der Waals surface area contributed by atoms with Gasteiger partial charge < -0.3 is 10.2 Å². The van der Waals surface area contributed by atoms with Gasteiger partial charge in [0.1, 0.15) is 0 Å². The highest BCUT2D eigenvalue weighted by atomic mass is 35.5. The van der Waals surface area contributed by atoms with E-state index in [1.54, 1.807) is 18.2 Å². The highest BCUT2D eigenvalue weighted by Crippen LogP contribution is 2.23. The van der Waals surface area contributed by atoms with Crippen LogP contribution in [0.4, 0.5) is 11.5 Å². The second kappa shape index (κ2) is 6.75. The number of carbonyl (C=O) groups excluding carboxylic acids is 1. The Labute approximate surface area is 134 Å². The number of rotatable bonds is 3. The fourth-order valence-corrected chi connectivity index (χ4v) is 2.66. The van der Waals surface area contributed by atoms with Crippen molar-refractivity contribution in [2.45, 2.75) is 19.3 Å². The van der Waals surface area contributed by atoms with E-state index in [1.165, 1.54) is 6.42 Å². The lowest BCUT2D eigenvalue weighted by Gasteiger charge is -2.26. The normalized spacial score (nSPS) is 14.7. The Balaban J connectivity index is 1.70. The van der Waals surface area contributed by atoms with Crippen molar-refractivity contribution in [3.8, 4) is 0 Å². The minimum Gasteiger partial charge on any atom is -0.338 e. The number of para-hydroxylation sites is 1. The third kappa shape index (κ3) is 3.36. The number of carbonyl (C=O) groups is 1. The van der Waals surface area contributed by atoms with Gasteiger partial charge in [-0.15, -0.1) is 10.2 Å². The molecule has 1 amide bonds. The number of anilines is 2. The summed E-state index contributed by atoms with van der Waals surface area (Å²) in [6.07, 6.45) is 3.31. The van der Waals surface area contributed by atoms with Gasteiger partial charge >= 0.3 is 0 Å². The summed E-state index contributed by atoms with van der Waals surface area (Å²) in [7, 11) is 0. The summed E-state index contributed by atoms with van der Waals surface area (Å²) < 4.78 is 0. The van der Waals surface area contributed by atoms with Crippen LogP contribution < -0.4 is 5.32 Å².